The normalized spacial score (nSPS) is 10.1. The van der Waals surface area contributed by atoms with E-state index in [1.807, 2.05) is 6.07 Å². The van der Waals surface area contributed by atoms with Gasteiger partial charge in [0.05, 0.1) is 0 Å². The molecule has 0 amide bonds. The summed E-state index contributed by atoms with van der Waals surface area (Å²) < 4.78 is 0. The first-order valence-electron chi connectivity index (χ1n) is 4.95. The molecular formula is C13H10O4. The van der Waals surface area contributed by atoms with Crippen LogP contribution in [0.15, 0.2) is 42.5 Å². The Bertz CT molecular complexity index is 561. The van der Waals surface area contributed by atoms with E-state index >= 15 is 0 Å². The quantitative estimate of drug-likeness (QED) is 0.692. The number of carbonyl (C=O) groups is 1. The van der Waals surface area contributed by atoms with Crippen LogP contribution in [0, 0.1) is 0 Å². The summed E-state index contributed by atoms with van der Waals surface area (Å²) in [5.41, 5.74) is 0.785. The Morgan fingerprint density at radius 1 is 0.882 bits per heavy atom. The third-order valence-corrected chi connectivity index (χ3v) is 2.47. The summed E-state index contributed by atoms with van der Waals surface area (Å²) in [6.07, 6.45) is 0. The van der Waals surface area contributed by atoms with Crippen LogP contribution in [0.25, 0.3) is 11.1 Å². The number of benzene rings is 2. The first-order valence-corrected chi connectivity index (χ1v) is 4.95. The van der Waals surface area contributed by atoms with Crippen molar-refractivity contribution in [1.82, 2.24) is 0 Å². The molecule has 0 saturated heterocycles. The van der Waals surface area contributed by atoms with E-state index in [2.05, 4.69) is 0 Å². The molecule has 0 aliphatic rings. The van der Waals surface area contributed by atoms with Gasteiger partial charge in [-0.1, -0.05) is 30.3 Å². The Kier molecular flexibility index (Phi) is 2.70. The van der Waals surface area contributed by atoms with Crippen LogP contribution in [-0.4, -0.2) is 21.3 Å². The molecule has 0 radical (unpaired) electrons. The van der Waals surface area contributed by atoms with Crippen molar-refractivity contribution < 1.29 is 20.1 Å². The smallest absolute Gasteiger partial charge is 0.339 e. The summed E-state index contributed by atoms with van der Waals surface area (Å²) in [6, 6.07) is 11.7. The molecule has 2 aromatic rings. The summed E-state index contributed by atoms with van der Waals surface area (Å²) in [4.78, 5) is 10.8. The van der Waals surface area contributed by atoms with Crippen LogP contribution in [0.3, 0.4) is 0 Å². The van der Waals surface area contributed by atoms with Crippen LogP contribution >= 0.6 is 0 Å². The number of rotatable bonds is 2. The first-order chi connectivity index (χ1) is 8.11. The standard InChI is InChI=1S/C13H10O4/c14-11-9(8-4-2-1-3-5-8)6-7-10(12(11)15)13(16)17/h1-7,14-15H,(H,16,17). The van der Waals surface area contributed by atoms with Crippen LogP contribution in [0.4, 0.5) is 0 Å². The number of phenolic OH excluding ortho intramolecular Hbond substituents is 1. The van der Waals surface area contributed by atoms with E-state index in [1.54, 1.807) is 24.3 Å². The van der Waals surface area contributed by atoms with Gasteiger partial charge >= 0.3 is 5.97 Å². The van der Waals surface area contributed by atoms with Gasteiger partial charge in [0, 0.05) is 5.56 Å². The van der Waals surface area contributed by atoms with Gasteiger partial charge in [-0.2, -0.15) is 0 Å². The minimum Gasteiger partial charge on any atom is -0.504 e. The molecule has 0 heterocycles. The van der Waals surface area contributed by atoms with Crippen molar-refractivity contribution in [3.63, 3.8) is 0 Å². The average molecular weight is 230 g/mol. The number of hydrogen-bond acceptors (Lipinski definition) is 3. The summed E-state index contributed by atoms with van der Waals surface area (Å²) in [6.45, 7) is 0. The third-order valence-electron chi connectivity index (χ3n) is 2.47. The lowest BCUT2D eigenvalue weighted by atomic mass is 10.0. The topological polar surface area (TPSA) is 77.8 Å². The number of hydrogen-bond donors (Lipinski definition) is 3. The highest BCUT2D eigenvalue weighted by Crippen LogP contribution is 2.38. The molecule has 0 atom stereocenters. The van der Waals surface area contributed by atoms with Crippen molar-refractivity contribution in [3.05, 3.63) is 48.0 Å². The molecule has 2 rings (SSSR count). The molecule has 0 spiro atoms. The molecule has 17 heavy (non-hydrogen) atoms. The van der Waals surface area contributed by atoms with Gasteiger partial charge in [0.1, 0.15) is 5.56 Å². The van der Waals surface area contributed by atoms with E-state index in [1.165, 1.54) is 12.1 Å². The predicted octanol–water partition coefficient (Wildman–Crippen LogP) is 2.46. The highest BCUT2D eigenvalue weighted by molar-refractivity contribution is 5.93. The highest BCUT2D eigenvalue weighted by atomic mass is 16.4. The van der Waals surface area contributed by atoms with Crippen molar-refractivity contribution >= 4 is 5.97 Å². The van der Waals surface area contributed by atoms with E-state index in [9.17, 15) is 15.0 Å². The van der Waals surface area contributed by atoms with Crippen molar-refractivity contribution in [3.8, 4) is 22.6 Å². The van der Waals surface area contributed by atoms with Gasteiger partial charge in [0.2, 0.25) is 0 Å². The molecule has 0 aromatic heterocycles. The van der Waals surface area contributed by atoms with E-state index in [0.29, 0.717) is 11.1 Å². The Hall–Kier alpha value is -2.49. The maximum atomic E-state index is 10.8. The fourth-order valence-corrected chi connectivity index (χ4v) is 1.60. The summed E-state index contributed by atoms with van der Waals surface area (Å²) in [5, 5.41) is 28.1. The Morgan fingerprint density at radius 2 is 1.53 bits per heavy atom. The molecule has 86 valence electrons. The Labute approximate surface area is 97.4 Å². The third kappa shape index (κ3) is 1.92. The Morgan fingerprint density at radius 3 is 2.12 bits per heavy atom. The molecular weight excluding hydrogens is 220 g/mol. The summed E-state index contributed by atoms with van der Waals surface area (Å²) >= 11 is 0. The second kappa shape index (κ2) is 4.17. The number of carboxylic acids is 1. The van der Waals surface area contributed by atoms with E-state index < -0.39 is 17.5 Å². The zero-order chi connectivity index (χ0) is 12.4. The molecule has 2 aromatic carbocycles. The minimum atomic E-state index is -1.28. The average Bonchev–Trinajstić information content (AvgIpc) is 2.33. The lowest BCUT2D eigenvalue weighted by Crippen LogP contribution is -1.97. The van der Waals surface area contributed by atoms with Crippen molar-refractivity contribution in [1.29, 1.82) is 0 Å². The summed E-state index contributed by atoms with van der Waals surface area (Å²) in [7, 11) is 0. The van der Waals surface area contributed by atoms with Gasteiger partial charge in [0.15, 0.2) is 11.5 Å². The predicted molar refractivity (Wildman–Crippen MR) is 62.2 cm³/mol. The number of aromatic hydroxyl groups is 2. The zero-order valence-electron chi connectivity index (χ0n) is 8.79. The SMILES string of the molecule is O=C(O)c1ccc(-c2ccccc2)c(O)c1O. The van der Waals surface area contributed by atoms with E-state index in [0.717, 1.165) is 0 Å². The largest absolute Gasteiger partial charge is 0.504 e. The van der Waals surface area contributed by atoms with Crippen molar-refractivity contribution in [2.75, 3.05) is 0 Å². The number of phenols is 2. The molecule has 0 unspecified atom stereocenters. The zero-order valence-corrected chi connectivity index (χ0v) is 8.79. The van der Waals surface area contributed by atoms with Crippen molar-refractivity contribution in [2.24, 2.45) is 0 Å². The lowest BCUT2D eigenvalue weighted by Gasteiger charge is -2.08. The van der Waals surface area contributed by atoms with Crippen LogP contribution in [0.1, 0.15) is 10.4 Å². The van der Waals surface area contributed by atoms with Gasteiger partial charge in [-0.25, -0.2) is 4.79 Å². The molecule has 0 aliphatic carbocycles. The minimum absolute atomic E-state index is 0.317. The maximum absolute atomic E-state index is 10.8. The fraction of sp³-hybridized carbons (Fsp3) is 0. The molecule has 0 saturated carbocycles. The lowest BCUT2D eigenvalue weighted by molar-refractivity contribution is 0.0693. The molecule has 0 fully saturated rings. The van der Waals surface area contributed by atoms with E-state index in [4.69, 9.17) is 5.11 Å². The van der Waals surface area contributed by atoms with Gasteiger partial charge in [-0.3, -0.25) is 0 Å². The molecule has 3 N–H and O–H groups in total. The fourth-order valence-electron chi connectivity index (χ4n) is 1.60. The van der Waals surface area contributed by atoms with E-state index in [-0.39, 0.29) is 5.56 Å². The highest BCUT2D eigenvalue weighted by Gasteiger charge is 2.16. The summed E-state index contributed by atoms with van der Waals surface area (Å²) in [5.74, 6) is -2.31. The van der Waals surface area contributed by atoms with Crippen LogP contribution in [0.2, 0.25) is 0 Å². The van der Waals surface area contributed by atoms with Crippen LogP contribution < -0.4 is 0 Å². The second-order valence-corrected chi connectivity index (χ2v) is 3.53. The molecule has 0 bridgehead atoms. The number of carboxylic acid groups (broad SMARTS) is 1. The maximum Gasteiger partial charge on any atom is 0.339 e. The Balaban J connectivity index is 2.60. The van der Waals surface area contributed by atoms with Crippen LogP contribution in [0.5, 0.6) is 11.5 Å². The number of aromatic carboxylic acids is 1. The van der Waals surface area contributed by atoms with Gasteiger partial charge < -0.3 is 15.3 Å². The van der Waals surface area contributed by atoms with Gasteiger partial charge in [-0.15, -0.1) is 0 Å². The first kappa shape index (κ1) is 11.0. The molecule has 4 heteroatoms. The van der Waals surface area contributed by atoms with Gasteiger partial charge in [0.25, 0.3) is 0 Å². The van der Waals surface area contributed by atoms with Gasteiger partial charge in [-0.05, 0) is 17.7 Å². The van der Waals surface area contributed by atoms with Crippen LogP contribution in [-0.2, 0) is 0 Å². The van der Waals surface area contributed by atoms with Crippen molar-refractivity contribution in [2.45, 2.75) is 0 Å². The second-order valence-electron chi connectivity index (χ2n) is 3.53. The monoisotopic (exact) mass is 230 g/mol. The molecule has 0 aliphatic heterocycles. The molecule has 4 nitrogen and oxygen atoms in total.